The quantitative estimate of drug-likeness (QED) is 0.902. The molecule has 1 aromatic rings. The molecule has 19 heavy (non-hydrogen) atoms. The van der Waals surface area contributed by atoms with Crippen molar-refractivity contribution in [2.75, 3.05) is 18.4 Å². The Labute approximate surface area is 126 Å². The van der Waals surface area contributed by atoms with Crippen LogP contribution in [0.4, 0.5) is 5.69 Å². The molecule has 4 nitrogen and oxygen atoms in total. The second-order valence-electron chi connectivity index (χ2n) is 4.64. The molecule has 1 aliphatic rings. The summed E-state index contributed by atoms with van der Waals surface area (Å²) in [5, 5.41) is 6.24. The lowest BCUT2D eigenvalue weighted by Gasteiger charge is -2.22. The van der Waals surface area contributed by atoms with E-state index in [2.05, 4.69) is 15.6 Å². The molecule has 2 rings (SSSR count). The number of hydrogen-bond donors (Lipinski definition) is 2. The molecule has 0 unspecified atom stereocenters. The Kier molecular flexibility index (Phi) is 8.72. The maximum Gasteiger partial charge on any atom is 0.224 e. The molecule has 6 heteroatoms. The minimum Gasteiger partial charge on any atom is -0.325 e. The molecule has 0 aromatic carbocycles. The molecular formula is C13H21Cl2N3O. The molecule has 1 saturated heterocycles. The van der Waals surface area contributed by atoms with Crippen LogP contribution in [0.15, 0.2) is 18.5 Å². The number of rotatable bonds is 3. The zero-order valence-electron chi connectivity index (χ0n) is 11.0. The van der Waals surface area contributed by atoms with Gasteiger partial charge in [0.15, 0.2) is 0 Å². The van der Waals surface area contributed by atoms with Crippen LogP contribution in [-0.4, -0.2) is 24.0 Å². The van der Waals surface area contributed by atoms with E-state index in [0.717, 1.165) is 37.2 Å². The highest BCUT2D eigenvalue weighted by molar-refractivity contribution is 5.91. The van der Waals surface area contributed by atoms with Gasteiger partial charge in [-0.3, -0.25) is 9.78 Å². The molecule has 108 valence electrons. The maximum absolute atomic E-state index is 11.9. The van der Waals surface area contributed by atoms with Crippen LogP contribution >= 0.6 is 24.8 Å². The van der Waals surface area contributed by atoms with Crippen molar-refractivity contribution in [3.05, 3.63) is 24.0 Å². The van der Waals surface area contributed by atoms with Gasteiger partial charge >= 0.3 is 0 Å². The molecule has 0 aliphatic carbocycles. The molecular weight excluding hydrogens is 285 g/mol. The highest BCUT2D eigenvalue weighted by Crippen LogP contribution is 2.18. The molecule has 1 amide bonds. The van der Waals surface area contributed by atoms with E-state index in [0.29, 0.717) is 12.3 Å². The van der Waals surface area contributed by atoms with E-state index in [9.17, 15) is 4.79 Å². The SMILES string of the molecule is Cc1ccncc1NC(=O)CC1CCNCC1.Cl.Cl. The van der Waals surface area contributed by atoms with Crippen LogP contribution in [0.5, 0.6) is 0 Å². The van der Waals surface area contributed by atoms with Crippen LogP contribution in [0.3, 0.4) is 0 Å². The van der Waals surface area contributed by atoms with Gasteiger partial charge in [0, 0.05) is 12.6 Å². The number of pyridine rings is 1. The lowest BCUT2D eigenvalue weighted by Crippen LogP contribution is -2.30. The molecule has 2 N–H and O–H groups in total. The van der Waals surface area contributed by atoms with E-state index >= 15 is 0 Å². The molecule has 1 aliphatic heterocycles. The van der Waals surface area contributed by atoms with Crippen LogP contribution < -0.4 is 10.6 Å². The van der Waals surface area contributed by atoms with E-state index in [1.54, 1.807) is 12.4 Å². The average Bonchev–Trinajstić information content (AvgIpc) is 2.33. The number of piperidine rings is 1. The minimum atomic E-state index is 0. The Morgan fingerprint density at radius 2 is 2.11 bits per heavy atom. The van der Waals surface area contributed by atoms with Gasteiger partial charge in [-0.1, -0.05) is 0 Å². The third-order valence-corrected chi connectivity index (χ3v) is 3.25. The van der Waals surface area contributed by atoms with Gasteiger partial charge in [-0.2, -0.15) is 0 Å². The predicted octanol–water partition coefficient (Wildman–Crippen LogP) is 2.56. The number of nitrogens with one attached hydrogen (secondary N) is 2. The molecule has 0 spiro atoms. The normalized spacial score (nSPS) is 15.0. The van der Waals surface area contributed by atoms with Crippen LogP contribution in [0.25, 0.3) is 0 Å². The zero-order chi connectivity index (χ0) is 12.1. The lowest BCUT2D eigenvalue weighted by atomic mass is 9.94. The summed E-state index contributed by atoms with van der Waals surface area (Å²) in [6.45, 7) is 4.04. The van der Waals surface area contributed by atoms with Gasteiger partial charge in [-0.25, -0.2) is 0 Å². The van der Waals surface area contributed by atoms with E-state index < -0.39 is 0 Å². The fourth-order valence-electron chi connectivity index (χ4n) is 2.14. The third kappa shape index (κ3) is 5.76. The number of hydrogen-bond acceptors (Lipinski definition) is 3. The van der Waals surface area contributed by atoms with E-state index in [1.807, 2.05) is 13.0 Å². The second-order valence-corrected chi connectivity index (χ2v) is 4.64. The smallest absolute Gasteiger partial charge is 0.224 e. The summed E-state index contributed by atoms with van der Waals surface area (Å²) >= 11 is 0. The Morgan fingerprint density at radius 1 is 1.42 bits per heavy atom. The Morgan fingerprint density at radius 3 is 2.74 bits per heavy atom. The van der Waals surface area contributed by atoms with Crippen molar-refractivity contribution in [2.45, 2.75) is 26.2 Å². The van der Waals surface area contributed by atoms with Crippen LogP contribution in [-0.2, 0) is 4.79 Å². The number of amides is 1. The predicted molar refractivity (Wildman–Crippen MR) is 82.3 cm³/mol. The van der Waals surface area contributed by atoms with Crippen molar-refractivity contribution < 1.29 is 4.79 Å². The number of nitrogens with zero attached hydrogens (tertiary/aromatic N) is 1. The summed E-state index contributed by atoms with van der Waals surface area (Å²) < 4.78 is 0. The van der Waals surface area contributed by atoms with Gasteiger partial charge in [0.25, 0.3) is 0 Å². The van der Waals surface area contributed by atoms with Gasteiger partial charge in [0.05, 0.1) is 11.9 Å². The Bertz CT molecular complexity index is 395. The topological polar surface area (TPSA) is 54.0 Å². The molecule has 0 atom stereocenters. The van der Waals surface area contributed by atoms with Crippen LogP contribution in [0.1, 0.15) is 24.8 Å². The summed E-state index contributed by atoms with van der Waals surface area (Å²) in [5.41, 5.74) is 1.88. The minimum absolute atomic E-state index is 0. The number of aryl methyl sites for hydroxylation is 1. The monoisotopic (exact) mass is 305 g/mol. The summed E-state index contributed by atoms with van der Waals surface area (Å²) in [7, 11) is 0. The first kappa shape index (κ1) is 18.2. The molecule has 0 saturated carbocycles. The Hall–Kier alpha value is -0.840. The van der Waals surface area contributed by atoms with Gasteiger partial charge in [-0.05, 0) is 50.4 Å². The van der Waals surface area contributed by atoms with Crippen molar-refractivity contribution in [1.29, 1.82) is 0 Å². The highest BCUT2D eigenvalue weighted by atomic mass is 35.5. The fourth-order valence-corrected chi connectivity index (χ4v) is 2.14. The van der Waals surface area contributed by atoms with E-state index in [4.69, 9.17) is 0 Å². The zero-order valence-corrected chi connectivity index (χ0v) is 12.6. The highest BCUT2D eigenvalue weighted by Gasteiger charge is 2.17. The van der Waals surface area contributed by atoms with Crippen molar-refractivity contribution >= 4 is 36.4 Å². The maximum atomic E-state index is 11.9. The number of aromatic nitrogens is 1. The first-order chi connectivity index (χ1) is 8.25. The first-order valence-corrected chi connectivity index (χ1v) is 6.17. The van der Waals surface area contributed by atoms with E-state index in [-0.39, 0.29) is 30.7 Å². The van der Waals surface area contributed by atoms with Gasteiger partial charge in [0.1, 0.15) is 0 Å². The molecule has 1 aromatic heterocycles. The van der Waals surface area contributed by atoms with Crippen molar-refractivity contribution in [1.82, 2.24) is 10.3 Å². The number of anilines is 1. The van der Waals surface area contributed by atoms with Crippen molar-refractivity contribution in [2.24, 2.45) is 5.92 Å². The van der Waals surface area contributed by atoms with Gasteiger partial charge in [-0.15, -0.1) is 24.8 Å². The lowest BCUT2D eigenvalue weighted by molar-refractivity contribution is -0.117. The van der Waals surface area contributed by atoms with Crippen molar-refractivity contribution in [3.63, 3.8) is 0 Å². The molecule has 1 fully saturated rings. The second kappa shape index (κ2) is 9.13. The van der Waals surface area contributed by atoms with Crippen LogP contribution in [0, 0.1) is 12.8 Å². The van der Waals surface area contributed by atoms with Gasteiger partial charge < -0.3 is 10.6 Å². The van der Waals surface area contributed by atoms with Crippen molar-refractivity contribution in [3.8, 4) is 0 Å². The standard InChI is InChI=1S/C13H19N3O.2ClH/c1-10-2-5-15-9-12(10)16-13(17)8-11-3-6-14-7-4-11;;/h2,5,9,11,14H,3-4,6-8H2,1H3,(H,16,17);2*1H. The molecule has 0 bridgehead atoms. The summed E-state index contributed by atoms with van der Waals surface area (Å²) in [5.74, 6) is 0.626. The first-order valence-electron chi connectivity index (χ1n) is 6.17. The van der Waals surface area contributed by atoms with Gasteiger partial charge in [0.2, 0.25) is 5.91 Å². The average molecular weight is 306 g/mol. The summed E-state index contributed by atoms with van der Waals surface area (Å²) in [6.07, 6.45) is 6.25. The van der Waals surface area contributed by atoms with Crippen LogP contribution in [0.2, 0.25) is 0 Å². The van der Waals surface area contributed by atoms with E-state index in [1.165, 1.54) is 0 Å². The largest absolute Gasteiger partial charge is 0.325 e. The number of halogens is 2. The fraction of sp³-hybridized carbons (Fsp3) is 0.538. The third-order valence-electron chi connectivity index (χ3n) is 3.25. The Balaban J connectivity index is 0.00000162. The number of carbonyl (C=O) groups excluding carboxylic acids is 1. The summed E-state index contributed by atoms with van der Waals surface area (Å²) in [6, 6.07) is 1.90. The number of carbonyl (C=O) groups is 1. The molecule has 2 heterocycles. The summed E-state index contributed by atoms with van der Waals surface area (Å²) in [4.78, 5) is 15.9. The molecule has 0 radical (unpaired) electrons.